The van der Waals surface area contributed by atoms with Gasteiger partial charge in [-0.05, 0) is 24.0 Å². The maximum absolute atomic E-state index is 6.04. The van der Waals surface area contributed by atoms with Crippen LogP contribution in [-0.2, 0) is 0 Å². The van der Waals surface area contributed by atoms with Crippen molar-refractivity contribution in [2.24, 2.45) is 11.8 Å². The van der Waals surface area contributed by atoms with E-state index in [0.29, 0.717) is 5.02 Å². The summed E-state index contributed by atoms with van der Waals surface area (Å²) in [5.41, 5.74) is 3.87. The zero-order valence-corrected chi connectivity index (χ0v) is 8.67. The van der Waals surface area contributed by atoms with Gasteiger partial charge in [0.25, 0.3) is 0 Å². The largest absolute Gasteiger partial charge is 0.271 e. The molecule has 1 aromatic heterocycles. The van der Waals surface area contributed by atoms with Crippen LogP contribution in [0.3, 0.4) is 0 Å². The quantitative estimate of drug-likeness (QED) is 0.592. The molecule has 0 bridgehead atoms. The first-order valence-electron chi connectivity index (χ1n) is 4.87. The molecule has 0 aliphatic heterocycles. The number of halogens is 1. The lowest BCUT2D eigenvalue weighted by Crippen LogP contribution is -2.28. The number of nitrogens with one attached hydrogen (secondary N) is 1. The molecule has 1 atom stereocenters. The molecule has 0 aromatic carbocycles. The van der Waals surface area contributed by atoms with E-state index in [1.807, 2.05) is 6.07 Å². The number of nitrogens with zero attached hydrogens (tertiary/aromatic N) is 1. The van der Waals surface area contributed by atoms with E-state index in [1.54, 1.807) is 12.4 Å². The molecule has 76 valence electrons. The summed E-state index contributed by atoms with van der Waals surface area (Å²) >= 11 is 6.04. The summed E-state index contributed by atoms with van der Waals surface area (Å²) in [6.45, 7) is 0. The molecular formula is C10H14ClN3. The van der Waals surface area contributed by atoms with Crippen LogP contribution in [0.25, 0.3) is 0 Å². The molecule has 2 rings (SSSR count). The summed E-state index contributed by atoms with van der Waals surface area (Å²) in [6.07, 6.45) is 7.12. The van der Waals surface area contributed by atoms with E-state index >= 15 is 0 Å². The van der Waals surface area contributed by atoms with E-state index in [4.69, 9.17) is 17.4 Å². The van der Waals surface area contributed by atoms with E-state index < -0.39 is 0 Å². The third-order valence-electron chi connectivity index (χ3n) is 2.65. The lowest BCUT2D eigenvalue weighted by molar-refractivity contribution is 0.487. The first-order valence-corrected chi connectivity index (χ1v) is 5.24. The Morgan fingerprint density at radius 2 is 2.43 bits per heavy atom. The van der Waals surface area contributed by atoms with Crippen LogP contribution in [0.15, 0.2) is 18.5 Å². The summed E-state index contributed by atoms with van der Waals surface area (Å²) in [5, 5.41) is 0.691. The van der Waals surface area contributed by atoms with Crippen LogP contribution in [-0.4, -0.2) is 4.98 Å². The molecule has 3 nitrogen and oxygen atoms in total. The second-order valence-corrected chi connectivity index (χ2v) is 4.20. The highest BCUT2D eigenvalue weighted by Crippen LogP contribution is 2.38. The fourth-order valence-electron chi connectivity index (χ4n) is 1.64. The molecule has 1 aliphatic rings. The first-order chi connectivity index (χ1) is 6.81. The fourth-order valence-corrected chi connectivity index (χ4v) is 1.89. The second-order valence-electron chi connectivity index (χ2n) is 3.80. The lowest BCUT2D eigenvalue weighted by Gasteiger charge is -2.16. The number of nitrogens with two attached hydrogens (primary N) is 1. The molecule has 1 aliphatic carbocycles. The van der Waals surface area contributed by atoms with E-state index in [0.717, 1.165) is 17.9 Å². The van der Waals surface area contributed by atoms with Gasteiger partial charge in [0.05, 0.1) is 5.02 Å². The average molecular weight is 212 g/mol. The summed E-state index contributed by atoms with van der Waals surface area (Å²) < 4.78 is 0. The van der Waals surface area contributed by atoms with Crippen LogP contribution < -0.4 is 11.3 Å². The standard InChI is InChI=1S/C10H14ClN3/c11-9-6-13-4-3-8(9)10(14-12)5-7-1-2-7/h3-4,6-7,10,14H,1-2,5,12H2. The van der Waals surface area contributed by atoms with E-state index in [-0.39, 0.29) is 6.04 Å². The Morgan fingerprint density at radius 3 is 3.00 bits per heavy atom. The van der Waals surface area contributed by atoms with Gasteiger partial charge in [-0.15, -0.1) is 0 Å². The van der Waals surface area contributed by atoms with Crippen molar-refractivity contribution in [2.75, 3.05) is 0 Å². The zero-order chi connectivity index (χ0) is 9.97. The van der Waals surface area contributed by atoms with Crippen molar-refractivity contribution in [3.63, 3.8) is 0 Å². The third-order valence-corrected chi connectivity index (χ3v) is 2.96. The smallest absolute Gasteiger partial charge is 0.0637 e. The van der Waals surface area contributed by atoms with Gasteiger partial charge in [0.2, 0.25) is 0 Å². The van der Waals surface area contributed by atoms with Gasteiger partial charge in [-0.25, -0.2) is 0 Å². The van der Waals surface area contributed by atoms with Gasteiger partial charge >= 0.3 is 0 Å². The Balaban J connectivity index is 2.12. The summed E-state index contributed by atoms with van der Waals surface area (Å²) in [5.74, 6) is 6.34. The van der Waals surface area contributed by atoms with Crippen LogP contribution >= 0.6 is 11.6 Å². The molecule has 1 saturated carbocycles. The molecule has 0 radical (unpaired) electrons. The minimum absolute atomic E-state index is 0.165. The Labute approximate surface area is 88.6 Å². The van der Waals surface area contributed by atoms with Crippen molar-refractivity contribution in [1.82, 2.24) is 10.4 Å². The SMILES string of the molecule is NNC(CC1CC1)c1ccncc1Cl. The van der Waals surface area contributed by atoms with Gasteiger partial charge in [0.15, 0.2) is 0 Å². The van der Waals surface area contributed by atoms with Crippen LogP contribution in [0.2, 0.25) is 5.02 Å². The highest BCUT2D eigenvalue weighted by Gasteiger charge is 2.26. The molecule has 0 saturated heterocycles. The van der Waals surface area contributed by atoms with Gasteiger partial charge in [-0.3, -0.25) is 16.3 Å². The van der Waals surface area contributed by atoms with Gasteiger partial charge in [0.1, 0.15) is 0 Å². The van der Waals surface area contributed by atoms with Crippen molar-refractivity contribution >= 4 is 11.6 Å². The minimum atomic E-state index is 0.165. The van der Waals surface area contributed by atoms with Gasteiger partial charge in [0, 0.05) is 18.4 Å². The molecule has 1 heterocycles. The molecular weight excluding hydrogens is 198 g/mol. The molecule has 0 amide bonds. The Morgan fingerprint density at radius 1 is 1.64 bits per heavy atom. The average Bonchev–Trinajstić information content (AvgIpc) is 2.99. The molecule has 3 N–H and O–H groups in total. The predicted molar refractivity (Wildman–Crippen MR) is 56.7 cm³/mol. The van der Waals surface area contributed by atoms with Crippen molar-refractivity contribution < 1.29 is 0 Å². The molecule has 14 heavy (non-hydrogen) atoms. The van der Waals surface area contributed by atoms with E-state index in [9.17, 15) is 0 Å². The monoisotopic (exact) mass is 211 g/mol. The Kier molecular flexibility index (Phi) is 3.01. The molecule has 4 heteroatoms. The maximum atomic E-state index is 6.04. The first kappa shape index (κ1) is 9.90. The van der Waals surface area contributed by atoms with E-state index in [1.165, 1.54) is 12.8 Å². The lowest BCUT2D eigenvalue weighted by atomic mass is 10.0. The van der Waals surface area contributed by atoms with Gasteiger partial charge in [-0.2, -0.15) is 0 Å². The molecule has 1 aromatic rings. The van der Waals surface area contributed by atoms with Gasteiger partial charge < -0.3 is 0 Å². The van der Waals surface area contributed by atoms with Crippen LogP contribution in [0.5, 0.6) is 0 Å². The second kappa shape index (κ2) is 4.26. The summed E-state index contributed by atoms with van der Waals surface area (Å²) in [6, 6.07) is 2.09. The highest BCUT2D eigenvalue weighted by atomic mass is 35.5. The Hall–Kier alpha value is -0.640. The highest BCUT2D eigenvalue weighted by molar-refractivity contribution is 6.31. The Bertz CT molecular complexity index is 312. The minimum Gasteiger partial charge on any atom is -0.271 e. The van der Waals surface area contributed by atoms with Crippen LogP contribution in [0, 0.1) is 5.92 Å². The molecule has 1 unspecified atom stereocenters. The molecule has 1 fully saturated rings. The number of rotatable bonds is 4. The van der Waals surface area contributed by atoms with Crippen molar-refractivity contribution in [2.45, 2.75) is 25.3 Å². The van der Waals surface area contributed by atoms with Crippen molar-refractivity contribution in [3.05, 3.63) is 29.0 Å². The van der Waals surface area contributed by atoms with Crippen molar-refractivity contribution in [1.29, 1.82) is 0 Å². The van der Waals surface area contributed by atoms with E-state index in [2.05, 4.69) is 10.4 Å². The molecule has 0 spiro atoms. The maximum Gasteiger partial charge on any atom is 0.0637 e. The van der Waals surface area contributed by atoms with Gasteiger partial charge in [-0.1, -0.05) is 24.4 Å². The number of hydrazine groups is 1. The topological polar surface area (TPSA) is 50.9 Å². The van der Waals surface area contributed by atoms with Crippen LogP contribution in [0.4, 0.5) is 0 Å². The number of pyridine rings is 1. The number of hydrogen-bond donors (Lipinski definition) is 2. The zero-order valence-electron chi connectivity index (χ0n) is 7.91. The number of aromatic nitrogens is 1. The fraction of sp³-hybridized carbons (Fsp3) is 0.500. The predicted octanol–water partition coefficient (Wildman–Crippen LogP) is 2.04. The van der Waals surface area contributed by atoms with Crippen molar-refractivity contribution in [3.8, 4) is 0 Å². The summed E-state index contributed by atoms with van der Waals surface area (Å²) in [4.78, 5) is 3.96. The number of hydrogen-bond acceptors (Lipinski definition) is 3. The van der Waals surface area contributed by atoms with Crippen LogP contribution in [0.1, 0.15) is 30.9 Å². The third kappa shape index (κ3) is 2.23. The normalized spacial score (nSPS) is 18.1. The summed E-state index contributed by atoms with van der Waals surface area (Å²) in [7, 11) is 0.